The number of aromatic nitrogens is 3. The third-order valence-electron chi connectivity index (χ3n) is 3.85. The first-order chi connectivity index (χ1) is 15.0. The molecular weight excluding hydrogens is 516 g/mol. The zero-order chi connectivity index (χ0) is 21.7. The van der Waals surface area contributed by atoms with E-state index in [1.54, 1.807) is 12.1 Å². The Morgan fingerprint density at radius 3 is 1.65 bits per heavy atom. The van der Waals surface area contributed by atoms with Crippen molar-refractivity contribution in [2.75, 3.05) is 4.72 Å². The number of halogens is 1. The van der Waals surface area contributed by atoms with Gasteiger partial charge in [0, 0.05) is 14.3 Å². The van der Waals surface area contributed by atoms with Gasteiger partial charge in [0.15, 0.2) is 10.3 Å². The number of rotatable bonds is 7. The summed E-state index contributed by atoms with van der Waals surface area (Å²) in [6.45, 7) is 0. The molecule has 31 heavy (non-hydrogen) atoms. The first-order valence-corrected chi connectivity index (χ1v) is 12.9. The number of sulfonamides is 1. The van der Waals surface area contributed by atoms with Crippen molar-refractivity contribution < 1.29 is 8.42 Å². The Balaban J connectivity index is 1.67. The molecule has 0 spiro atoms. The molecule has 0 amide bonds. The van der Waals surface area contributed by atoms with Gasteiger partial charge in [0.2, 0.25) is 5.95 Å². The fourth-order valence-corrected chi connectivity index (χ4v) is 5.26. The highest BCUT2D eigenvalue weighted by atomic mass is 79.9. The Morgan fingerprint density at radius 1 is 0.677 bits per heavy atom. The van der Waals surface area contributed by atoms with Crippen molar-refractivity contribution in [3.8, 4) is 0 Å². The fraction of sp³-hybridized carbons (Fsp3) is 0. The molecule has 0 aliphatic rings. The maximum atomic E-state index is 12.8. The lowest BCUT2D eigenvalue weighted by atomic mass is 10.4. The molecule has 0 saturated heterocycles. The predicted octanol–water partition coefficient (Wildman–Crippen LogP) is 5.74. The second-order valence-corrected chi connectivity index (χ2v) is 10.8. The largest absolute Gasteiger partial charge is 0.264 e. The highest BCUT2D eigenvalue weighted by molar-refractivity contribution is 9.10. The van der Waals surface area contributed by atoms with Crippen molar-refractivity contribution >= 4 is 55.4 Å². The molecule has 10 heteroatoms. The van der Waals surface area contributed by atoms with E-state index < -0.39 is 10.0 Å². The zero-order valence-corrected chi connectivity index (χ0v) is 19.9. The van der Waals surface area contributed by atoms with E-state index in [-0.39, 0.29) is 10.8 Å². The molecule has 156 valence electrons. The molecular formula is C21H15BrN4O2S3. The van der Waals surface area contributed by atoms with Crippen molar-refractivity contribution in [3.05, 3.63) is 89.4 Å². The number of hydrogen-bond acceptors (Lipinski definition) is 7. The zero-order valence-electron chi connectivity index (χ0n) is 15.8. The predicted molar refractivity (Wildman–Crippen MR) is 126 cm³/mol. The number of benzene rings is 3. The van der Waals surface area contributed by atoms with Gasteiger partial charge < -0.3 is 0 Å². The number of nitrogens with one attached hydrogen (secondary N) is 1. The van der Waals surface area contributed by atoms with Gasteiger partial charge in [-0.1, -0.05) is 52.3 Å². The van der Waals surface area contributed by atoms with E-state index in [1.165, 1.54) is 35.7 Å². The molecule has 0 unspecified atom stereocenters. The maximum Gasteiger partial charge on any atom is 0.264 e. The normalized spacial score (nSPS) is 11.3. The van der Waals surface area contributed by atoms with Crippen LogP contribution in [0.2, 0.25) is 0 Å². The molecule has 1 heterocycles. The summed E-state index contributed by atoms with van der Waals surface area (Å²) >= 11 is 5.97. The van der Waals surface area contributed by atoms with Gasteiger partial charge in [0.25, 0.3) is 10.0 Å². The van der Waals surface area contributed by atoms with Crippen LogP contribution in [-0.4, -0.2) is 23.4 Å². The highest BCUT2D eigenvalue weighted by Crippen LogP contribution is 2.30. The standard InChI is InChI=1S/C21H15BrN4O2S3/c22-15-11-13-18(14-12-15)31(27,28)26-19-23-20(29-16-7-3-1-4-8-16)25-21(24-19)30-17-9-5-2-6-10-17/h1-14H,(H,23,24,25,26). The summed E-state index contributed by atoms with van der Waals surface area (Å²) in [6.07, 6.45) is 0. The summed E-state index contributed by atoms with van der Waals surface area (Å²) in [7, 11) is -3.85. The van der Waals surface area contributed by atoms with Crippen LogP contribution < -0.4 is 4.72 Å². The average molecular weight is 531 g/mol. The van der Waals surface area contributed by atoms with Crippen LogP contribution >= 0.6 is 39.5 Å². The van der Waals surface area contributed by atoms with Crippen LogP contribution in [0.25, 0.3) is 0 Å². The first kappa shape index (κ1) is 21.8. The van der Waals surface area contributed by atoms with Gasteiger partial charge in [0.05, 0.1) is 4.90 Å². The molecule has 3 aromatic carbocycles. The number of nitrogens with zero attached hydrogens (tertiary/aromatic N) is 3. The SMILES string of the molecule is O=S(=O)(Nc1nc(Sc2ccccc2)nc(Sc2ccccc2)n1)c1ccc(Br)cc1. The topological polar surface area (TPSA) is 84.8 Å². The average Bonchev–Trinajstić information content (AvgIpc) is 2.75. The minimum atomic E-state index is -3.85. The molecule has 0 bridgehead atoms. The molecule has 0 aliphatic heterocycles. The Labute approximate surface area is 197 Å². The number of hydrogen-bond donors (Lipinski definition) is 1. The van der Waals surface area contributed by atoms with E-state index in [9.17, 15) is 8.42 Å². The van der Waals surface area contributed by atoms with Crippen molar-refractivity contribution in [1.82, 2.24) is 15.0 Å². The first-order valence-electron chi connectivity index (χ1n) is 8.98. The highest BCUT2D eigenvalue weighted by Gasteiger charge is 2.18. The molecule has 4 rings (SSSR count). The van der Waals surface area contributed by atoms with Gasteiger partial charge in [-0.2, -0.15) is 15.0 Å². The van der Waals surface area contributed by atoms with E-state index in [2.05, 4.69) is 35.6 Å². The maximum absolute atomic E-state index is 12.8. The summed E-state index contributed by atoms with van der Waals surface area (Å²) < 4.78 is 28.9. The van der Waals surface area contributed by atoms with E-state index in [0.717, 1.165) is 14.3 Å². The van der Waals surface area contributed by atoms with Crippen molar-refractivity contribution in [2.24, 2.45) is 0 Å². The van der Waals surface area contributed by atoms with E-state index in [0.29, 0.717) is 10.3 Å². The van der Waals surface area contributed by atoms with Crippen LogP contribution in [0, 0.1) is 0 Å². The van der Waals surface area contributed by atoms with Gasteiger partial charge in [-0.15, -0.1) is 0 Å². The Hall–Kier alpha value is -2.40. The summed E-state index contributed by atoms with van der Waals surface area (Å²) in [5, 5.41) is 0.793. The summed E-state index contributed by atoms with van der Waals surface area (Å²) in [5.41, 5.74) is 0. The lowest BCUT2D eigenvalue weighted by molar-refractivity contribution is 0.600. The molecule has 0 saturated carbocycles. The van der Waals surface area contributed by atoms with Crippen molar-refractivity contribution in [2.45, 2.75) is 25.0 Å². The molecule has 0 radical (unpaired) electrons. The van der Waals surface area contributed by atoms with Crippen LogP contribution in [0.15, 0.2) is 114 Å². The number of anilines is 1. The van der Waals surface area contributed by atoms with Gasteiger partial charge in [-0.3, -0.25) is 0 Å². The molecule has 4 aromatic rings. The third kappa shape index (κ3) is 6.07. The Morgan fingerprint density at radius 2 is 1.16 bits per heavy atom. The second-order valence-electron chi connectivity index (χ2n) is 6.11. The molecule has 0 aliphatic carbocycles. The van der Waals surface area contributed by atoms with E-state index in [4.69, 9.17) is 0 Å². The molecule has 0 atom stereocenters. The van der Waals surface area contributed by atoms with Gasteiger partial charge >= 0.3 is 0 Å². The molecule has 6 nitrogen and oxygen atoms in total. The fourth-order valence-electron chi connectivity index (χ4n) is 2.46. The van der Waals surface area contributed by atoms with Gasteiger partial charge in [-0.25, -0.2) is 13.1 Å². The quantitative estimate of drug-likeness (QED) is 0.326. The lowest BCUT2D eigenvalue weighted by Gasteiger charge is -2.10. The lowest BCUT2D eigenvalue weighted by Crippen LogP contribution is -2.16. The minimum Gasteiger partial charge on any atom is -0.247 e. The van der Waals surface area contributed by atoms with Crippen LogP contribution in [0.5, 0.6) is 0 Å². The molecule has 1 N–H and O–H groups in total. The summed E-state index contributed by atoms with van der Waals surface area (Å²) in [5.74, 6) is -0.0326. The van der Waals surface area contributed by atoms with Crippen molar-refractivity contribution in [3.63, 3.8) is 0 Å². The summed E-state index contributed by atoms with van der Waals surface area (Å²) in [4.78, 5) is 15.1. The van der Waals surface area contributed by atoms with E-state index >= 15 is 0 Å². The minimum absolute atomic E-state index is 0.0326. The second kappa shape index (κ2) is 9.82. The van der Waals surface area contributed by atoms with Crippen LogP contribution in [-0.2, 0) is 10.0 Å². The summed E-state index contributed by atoms with van der Waals surface area (Å²) in [6, 6.07) is 25.6. The van der Waals surface area contributed by atoms with Gasteiger partial charge in [-0.05, 0) is 72.1 Å². The van der Waals surface area contributed by atoms with Gasteiger partial charge in [0.1, 0.15) is 0 Å². The smallest absolute Gasteiger partial charge is 0.247 e. The van der Waals surface area contributed by atoms with Crippen LogP contribution in [0.4, 0.5) is 5.95 Å². The Bertz CT molecular complexity index is 1210. The van der Waals surface area contributed by atoms with Crippen LogP contribution in [0.3, 0.4) is 0 Å². The third-order valence-corrected chi connectivity index (χ3v) is 7.47. The van der Waals surface area contributed by atoms with Crippen LogP contribution in [0.1, 0.15) is 0 Å². The Kier molecular flexibility index (Phi) is 6.91. The van der Waals surface area contributed by atoms with Crippen molar-refractivity contribution in [1.29, 1.82) is 0 Å². The molecule has 0 fully saturated rings. The monoisotopic (exact) mass is 530 g/mol. The molecule has 1 aromatic heterocycles. The van der Waals surface area contributed by atoms with E-state index in [1.807, 2.05) is 60.7 Å².